The Balaban J connectivity index is 1.54. The number of nitrogens with one attached hydrogen (secondary N) is 2. The molecule has 0 aliphatic carbocycles. The fourth-order valence-corrected chi connectivity index (χ4v) is 3.48. The van der Waals surface area contributed by atoms with Gasteiger partial charge in [-0.2, -0.15) is 5.10 Å². The molecule has 0 bridgehead atoms. The van der Waals surface area contributed by atoms with Gasteiger partial charge >= 0.3 is 0 Å². The molecule has 3 aromatic rings. The number of benzene rings is 1. The topological polar surface area (TPSA) is 110 Å². The molecule has 4 N–H and O–H groups in total. The van der Waals surface area contributed by atoms with Crippen LogP contribution in [0.25, 0.3) is 0 Å². The number of hydrogen-bond acceptors (Lipinski definition) is 8. The highest BCUT2D eigenvalue weighted by Gasteiger charge is 2.13. The summed E-state index contributed by atoms with van der Waals surface area (Å²) in [6.07, 6.45) is 1.65. The largest absolute Gasteiger partial charge is 0.334 e. The van der Waals surface area contributed by atoms with Gasteiger partial charge in [-0.05, 0) is 23.6 Å². The number of aromatic nitrogens is 3. The van der Waals surface area contributed by atoms with E-state index in [1.807, 2.05) is 17.5 Å². The van der Waals surface area contributed by atoms with E-state index in [1.54, 1.807) is 35.8 Å². The number of halogens is 2. The van der Waals surface area contributed by atoms with Crippen molar-refractivity contribution >= 4 is 70.1 Å². The number of hydrazone groups is 1. The number of carbonyl (C=O) groups is 1. The van der Waals surface area contributed by atoms with E-state index in [9.17, 15) is 4.79 Å². The molecule has 2 heterocycles. The number of thioether (sulfide) groups is 1. The van der Waals surface area contributed by atoms with Crippen LogP contribution < -0.4 is 16.6 Å². The molecule has 0 aliphatic heterocycles. The highest BCUT2D eigenvalue weighted by Crippen LogP contribution is 2.29. The number of nitrogens with two attached hydrogens (primary N) is 1. The Morgan fingerprint density at radius 2 is 2.19 bits per heavy atom. The van der Waals surface area contributed by atoms with Gasteiger partial charge in [-0.15, -0.1) is 21.5 Å². The van der Waals surface area contributed by atoms with E-state index < -0.39 is 0 Å². The first kappa shape index (κ1) is 19.5. The fourth-order valence-electron chi connectivity index (χ4n) is 1.89. The first-order valence-electron chi connectivity index (χ1n) is 7.44. The molecule has 0 aliphatic rings. The molecule has 1 aromatic carbocycles. The molecule has 12 heteroatoms. The standard InChI is InChI=1S/C15H13Cl2N7OS2/c16-10-4-1-5-11(13(10)17)20-12(25)8-27-15-23-22-14(24(15)18)21-19-7-9-3-2-6-26-9/h1-7H,8,18H2,(H,20,25)(H,21,22)/b19-7+. The maximum atomic E-state index is 12.1. The van der Waals surface area contributed by atoms with Gasteiger partial charge in [0.1, 0.15) is 0 Å². The van der Waals surface area contributed by atoms with Crippen LogP contribution in [-0.4, -0.2) is 32.7 Å². The highest BCUT2D eigenvalue weighted by atomic mass is 35.5. The predicted octanol–water partition coefficient (Wildman–Crippen LogP) is 3.54. The SMILES string of the molecule is Nn1c(N/N=C/c2cccs2)nnc1SCC(=O)Nc1cccc(Cl)c1Cl. The smallest absolute Gasteiger partial charge is 0.264 e. The lowest BCUT2D eigenvalue weighted by molar-refractivity contribution is -0.113. The van der Waals surface area contributed by atoms with E-state index in [0.717, 1.165) is 16.6 Å². The first-order valence-corrected chi connectivity index (χ1v) is 10.1. The van der Waals surface area contributed by atoms with Crippen LogP contribution in [0, 0.1) is 0 Å². The Kier molecular flexibility index (Phi) is 6.56. The number of carbonyl (C=O) groups excluding carboxylic acids is 1. The minimum Gasteiger partial charge on any atom is -0.334 e. The molecule has 0 fully saturated rings. The van der Waals surface area contributed by atoms with Crippen LogP contribution in [0.5, 0.6) is 0 Å². The minimum atomic E-state index is -0.280. The average Bonchev–Trinajstić information content (AvgIpc) is 3.28. The summed E-state index contributed by atoms with van der Waals surface area (Å²) >= 11 is 14.6. The number of hydrogen-bond donors (Lipinski definition) is 3. The lowest BCUT2D eigenvalue weighted by Gasteiger charge is -2.07. The molecule has 0 atom stereocenters. The number of anilines is 2. The van der Waals surface area contributed by atoms with Crippen LogP contribution in [0.3, 0.4) is 0 Å². The molecule has 27 heavy (non-hydrogen) atoms. The Morgan fingerprint density at radius 3 is 2.96 bits per heavy atom. The second kappa shape index (κ2) is 9.09. The molecule has 0 saturated carbocycles. The zero-order valence-electron chi connectivity index (χ0n) is 13.6. The van der Waals surface area contributed by atoms with Gasteiger partial charge in [-0.25, -0.2) is 10.1 Å². The van der Waals surface area contributed by atoms with E-state index in [2.05, 4.69) is 26.0 Å². The average molecular weight is 442 g/mol. The van der Waals surface area contributed by atoms with E-state index in [1.165, 1.54) is 4.68 Å². The third-order valence-electron chi connectivity index (χ3n) is 3.12. The van der Waals surface area contributed by atoms with Gasteiger partial charge < -0.3 is 11.2 Å². The van der Waals surface area contributed by atoms with Crippen LogP contribution in [0.15, 0.2) is 46.0 Å². The van der Waals surface area contributed by atoms with E-state index in [0.29, 0.717) is 15.9 Å². The van der Waals surface area contributed by atoms with E-state index in [4.69, 9.17) is 29.0 Å². The Labute approximate surface area is 172 Å². The molecule has 0 saturated heterocycles. The molecule has 1 amide bonds. The lowest BCUT2D eigenvalue weighted by Crippen LogP contribution is -2.17. The highest BCUT2D eigenvalue weighted by molar-refractivity contribution is 7.99. The Hall–Kier alpha value is -2.27. The molecular weight excluding hydrogens is 429 g/mol. The quantitative estimate of drug-likeness (QED) is 0.224. The number of nitrogen functional groups attached to an aromatic ring is 1. The lowest BCUT2D eigenvalue weighted by atomic mass is 10.3. The second-order valence-corrected chi connectivity index (χ2v) is 7.71. The molecule has 0 unspecified atom stereocenters. The summed E-state index contributed by atoms with van der Waals surface area (Å²) in [5, 5.41) is 17.5. The molecular formula is C15H13Cl2N7OS2. The molecule has 0 radical (unpaired) electrons. The van der Waals surface area contributed by atoms with Crippen molar-refractivity contribution in [2.75, 3.05) is 22.3 Å². The molecule has 2 aromatic heterocycles. The van der Waals surface area contributed by atoms with Gasteiger partial charge in [0, 0.05) is 4.88 Å². The van der Waals surface area contributed by atoms with Gasteiger partial charge in [-0.1, -0.05) is 47.1 Å². The predicted molar refractivity (Wildman–Crippen MR) is 112 cm³/mol. The summed E-state index contributed by atoms with van der Waals surface area (Å²) in [5.41, 5.74) is 3.15. The fraction of sp³-hybridized carbons (Fsp3) is 0.0667. The first-order chi connectivity index (χ1) is 13.0. The number of thiophene rings is 1. The summed E-state index contributed by atoms with van der Waals surface area (Å²) in [4.78, 5) is 13.1. The number of amides is 1. The zero-order valence-corrected chi connectivity index (χ0v) is 16.7. The van der Waals surface area contributed by atoms with Gasteiger partial charge in [-0.3, -0.25) is 4.79 Å². The summed E-state index contributed by atoms with van der Waals surface area (Å²) in [5.74, 6) is 5.95. The molecule has 8 nitrogen and oxygen atoms in total. The third-order valence-corrected chi connectivity index (χ3v) is 5.69. The monoisotopic (exact) mass is 441 g/mol. The Bertz CT molecular complexity index is 959. The van der Waals surface area contributed by atoms with Crippen LogP contribution in [0.2, 0.25) is 10.0 Å². The van der Waals surface area contributed by atoms with Crippen LogP contribution >= 0.6 is 46.3 Å². The minimum absolute atomic E-state index is 0.0661. The summed E-state index contributed by atoms with van der Waals surface area (Å²) in [6, 6.07) is 8.85. The van der Waals surface area contributed by atoms with Crippen molar-refractivity contribution in [3.8, 4) is 0 Å². The van der Waals surface area contributed by atoms with Crippen molar-refractivity contribution in [1.82, 2.24) is 14.9 Å². The van der Waals surface area contributed by atoms with Crippen LogP contribution in [0.4, 0.5) is 11.6 Å². The normalized spacial score (nSPS) is 11.0. The maximum absolute atomic E-state index is 12.1. The van der Waals surface area contributed by atoms with Crippen molar-refractivity contribution in [2.45, 2.75) is 5.16 Å². The van der Waals surface area contributed by atoms with Gasteiger partial charge in [0.05, 0.1) is 27.7 Å². The summed E-state index contributed by atoms with van der Waals surface area (Å²) in [6.45, 7) is 0. The molecule has 0 spiro atoms. The maximum Gasteiger partial charge on any atom is 0.264 e. The van der Waals surface area contributed by atoms with Crippen molar-refractivity contribution in [2.24, 2.45) is 5.10 Å². The van der Waals surface area contributed by atoms with E-state index in [-0.39, 0.29) is 22.6 Å². The summed E-state index contributed by atoms with van der Waals surface area (Å²) in [7, 11) is 0. The van der Waals surface area contributed by atoms with Crippen molar-refractivity contribution < 1.29 is 4.79 Å². The summed E-state index contributed by atoms with van der Waals surface area (Å²) < 4.78 is 1.22. The third kappa shape index (κ3) is 5.13. The van der Waals surface area contributed by atoms with Gasteiger partial charge in [0.2, 0.25) is 11.1 Å². The van der Waals surface area contributed by atoms with Gasteiger partial charge in [0.15, 0.2) is 0 Å². The molecule has 3 rings (SSSR count). The zero-order chi connectivity index (χ0) is 19.2. The number of nitrogens with zero attached hydrogens (tertiary/aromatic N) is 4. The van der Waals surface area contributed by atoms with Gasteiger partial charge in [0.25, 0.3) is 5.95 Å². The number of rotatable bonds is 7. The van der Waals surface area contributed by atoms with E-state index >= 15 is 0 Å². The van der Waals surface area contributed by atoms with Crippen LogP contribution in [-0.2, 0) is 4.79 Å². The van der Waals surface area contributed by atoms with Crippen molar-refractivity contribution in [1.29, 1.82) is 0 Å². The van der Waals surface area contributed by atoms with Crippen LogP contribution in [0.1, 0.15) is 4.88 Å². The second-order valence-electron chi connectivity index (χ2n) is 5.00. The van der Waals surface area contributed by atoms with Crippen molar-refractivity contribution in [3.63, 3.8) is 0 Å². The Morgan fingerprint density at radius 1 is 1.33 bits per heavy atom. The van der Waals surface area contributed by atoms with Crippen molar-refractivity contribution in [3.05, 3.63) is 50.6 Å². The molecule has 140 valence electrons.